The van der Waals surface area contributed by atoms with Gasteiger partial charge in [0.2, 0.25) is 5.79 Å². The number of carbonyl (C=O) groups is 1. The van der Waals surface area contributed by atoms with E-state index >= 15 is 0 Å². The molecule has 8 N–H and O–H groups in total. The van der Waals surface area contributed by atoms with Crippen LogP contribution in [0, 0.1) is 10.8 Å². The zero-order valence-corrected chi connectivity index (χ0v) is 9.77. The predicted molar refractivity (Wildman–Crippen MR) is 61.3 cm³/mol. The summed E-state index contributed by atoms with van der Waals surface area (Å²) in [5, 5.41) is 52.7. The smallest absolute Gasteiger partial charge is 0.328 e. The number of carboxylic acids is 1. The standard InChI is InChI=1S/C9H14N6O4/c10-6-13-4-3(5(16)17)12-7(11)15-2-1-8(18,19)9(4,15)14-6/h3-4,18-19H,1-2H2,(H2,11,12)(H,16,17)(H3,10,13,14)/t3?,4?,9-/m0/s1. The first-order chi connectivity index (χ1) is 8.79. The number of nitrogens with zero attached hydrogens (tertiary/aromatic N) is 1. The molecule has 3 aliphatic heterocycles. The molecule has 0 amide bonds. The quantitative estimate of drug-likeness (QED) is 0.228. The molecule has 3 saturated heterocycles. The van der Waals surface area contributed by atoms with Crippen molar-refractivity contribution in [3.05, 3.63) is 0 Å². The molecule has 0 saturated carbocycles. The topological polar surface area (TPSA) is 165 Å². The molecule has 3 fully saturated rings. The van der Waals surface area contributed by atoms with Gasteiger partial charge in [-0.25, -0.2) is 4.79 Å². The van der Waals surface area contributed by atoms with Crippen LogP contribution in [-0.4, -0.2) is 68.2 Å². The van der Waals surface area contributed by atoms with E-state index in [1.807, 2.05) is 0 Å². The first kappa shape index (κ1) is 12.0. The fourth-order valence-corrected chi connectivity index (χ4v) is 3.13. The Morgan fingerprint density at radius 1 is 1.37 bits per heavy atom. The van der Waals surface area contributed by atoms with Crippen LogP contribution in [0.3, 0.4) is 0 Å². The van der Waals surface area contributed by atoms with Gasteiger partial charge in [0.25, 0.3) is 0 Å². The average Bonchev–Trinajstić information content (AvgIpc) is 2.76. The summed E-state index contributed by atoms with van der Waals surface area (Å²) in [6, 6.07) is -2.22. The molecule has 0 aliphatic carbocycles. The zero-order chi connectivity index (χ0) is 14.0. The summed E-state index contributed by atoms with van der Waals surface area (Å²) in [5.41, 5.74) is -1.62. The Morgan fingerprint density at radius 2 is 2.05 bits per heavy atom. The van der Waals surface area contributed by atoms with Crippen LogP contribution in [0.1, 0.15) is 6.42 Å². The molecular weight excluding hydrogens is 256 g/mol. The molecule has 1 spiro atoms. The van der Waals surface area contributed by atoms with Crippen LogP contribution < -0.4 is 16.0 Å². The lowest BCUT2D eigenvalue weighted by Gasteiger charge is -2.50. The van der Waals surface area contributed by atoms with E-state index in [0.29, 0.717) is 0 Å². The van der Waals surface area contributed by atoms with Gasteiger partial charge in [0.1, 0.15) is 6.04 Å². The fourth-order valence-electron chi connectivity index (χ4n) is 3.13. The Kier molecular flexibility index (Phi) is 2.07. The third kappa shape index (κ3) is 1.24. The minimum absolute atomic E-state index is 0.0537. The van der Waals surface area contributed by atoms with Gasteiger partial charge in [-0.1, -0.05) is 0 Å². The largest absolute Gasteiger partial charge is 0.480 e. The lowest BCUT2D eigenvalue weighted by molar-refractivity contribution is -0.223. The molecular formula is C9H14N6O4. The summed E-state index contributed by atoms with van der Waals surface area (Å²) in [7, 11) is 0. The molecule has 0 aromatic rings. The maximum absolute atomic E-state index is 11.3. The molecule has 104 valence electrons. The van der Waals surface area contributed by atoms with Crippen molar-refractivity contribution in [2.75, 3.05) is 6.54 Å². The highest BCUT2D eigenvalue weighted by molar-refractivity contribution is 5.92. The Labute approximate surface area is 107 Å². The average molecular weight is 270 g/mol. The molecule has 0 aromatic carbocycles. The van der Waals surface area contributed by atoms with E-state index in [4.69, 9.17) is 10.8 Å². The molecule has 0 bridgehead atoms. The number of aliphatic carboxylic acids is 1. The minimum atomic E-state index is -2.24. The van der Waals surface area contributed by atoms with Gasteiger partial charge in [-0.3, -0.25) is 10.8 Å². The second-order valence-corrected chi connectivity index (χ2v) is 4.92. The maximum atomic E-state index is 11.3. The molecule has 3 rings (SSSR count). The third-order valence-electron chi connectivity index (χ3n) is 3.95. The van der Waals surface area contributed by atoms with E-state index < -0.39 is 29.5 Å². The third-order valence-corrected chi connectivity index (χ3v) is 3.95. The van der Waals surface area contributed by atoms with Crippen molar-refractivity contribution >= 4 is 17.9 Å². The SMILES string of the molecule is N=C1NC2C(C(=O)O)NC(=N)N3CCC(O)(O)[C@]23N1. The molecule has 2 unspecified atom stereocenters. The molecule has 19 heavy (non-hydrogen) atoms. The van der Waals surface area contributed by atoms with Gasteiger partial charge in [0, 0.05) is 13.0 Å². The van der Waals surface area contributed by atoms with E-state index in [0.717, 1.165) is 0 Å². The van der Waals surface area contributed by atoms with Crippen LogP contribution in [0.4, 0.5) is 0 Å². The number of hydrogen-bond donors (Lipinski definition) is 8. The van der Waals surface area contributed by atoms with Crippen LogP contribution in [0.25, 0.3) is 0 Å². The minimum Gasteiger partial charge on any atom is -0.480 e. The summed E-state index contributed by atoms with van der Waals surface area (Å²) in [4.78, 5) is 12.6. The molecule has 3 atom stereocenters. The van der Waals surface area contributed by atoms with Gasteiger partial charge in [0.15, 0.2) is 23.6 Å². The Bertz CT molecular complexity index is 493. The summed E-state index contributed by atoms with van der Waals surface area (Å²) in [5.74, 6) is -3.89. The van der Waals surface area contributed by atoms with E-state index in [9.17, 15) is 20.1 Å². The van der Waals surface area contributed by atoms with E-state index in [1.54, 1.807) is 0 Å². The summed E-state index contributed by atoms with van der Waals surface area (Å²) in [6.07, 6.45) is -0.0537. The van der Waals surface area contributed by atoms with Gasteiger partial charge in [-0.2, -0.15) is 0 Å². The maximum Gasteiger partial charge on any atom is 0.328 e. The summed E-state index contributed by atoms with van der Waals surface area (Å²) in [6.45, 7) is 0.170. The fraction of sp³-hybridized carbons (Fsp3) is 0.667. The molecule has 10 heteroatoms. The van der Waals surface area contributed by atoms with Gasteiger partial charge < -0.3 is 36.2 Å². The molecule has 3 heterocycles. The number of aliphatic hydroxyl groups is 2. The highest BCUT2D eigenvalue weighted by Gasteiger charge is 2.71. The van der Waals surface area contributed by atoms with Crippen molar-refractivity contribution < 1.29 is 20.1 Å². The van der Waals surface area contributed by atoms with Gasteiger partial charge in [-0.05, 0) is 0 Å². The van der Waals surface area contributed by atoms with Crippen molar-refractivity contribution in [3.63, 3.8) is 0 Å². The van der Waals surface area contributed by atoms with Crippen LogP contribution in [0.2, 0.25) is 0 Å². The van der Waals surface area contributed by atoms with E-state index in [-0.39, 0.29) is 24.9 Å². The number of nitrogens with one attached hydrogen (secondary N) is 5. The van der Waals surface area contributed by atoms with Crippen molar-refractivity contribution in [1.82, 2.24) is 20.9 Å². The van der Waals surface area contributed by atoms with E-state index in [1.165, 1.54) is 4.90 Å². The molecule has 0 aromatic heterocycles. The van der Waals surface area contributed by atoms with Crippen LogP contribution >= 0.6 is 0 Å². The predicted octanol–water partition coefficient (Wildman–Crippen LogP) is -3.44. The van der Waals surface area contributed by atoms with Crippen LogP contribution in [0.5, 0.6) is 0 Å². The van der Waals surface area contributed by atoms with Gasteiger partial charge in [0.05, 0.1) is 0 Å². The van der Waals surface area contributed by atoms with Crippen molar-refractivity contribution in [1.29, 1.82) is 10.8 Å². The van der Waals surface area contributed by atoms with Gasteiger partial charge in [-0.15, -0.1) is 0 Å². The first-order valence-electron chi connectivity index (χ1n) is 5.73. The highest BCUT2D eigenvalue weighted by Crippen LogP contribution is 2.42. The van der Waals surface area contributed by atoms with Crippen molar-refractivity contribution in [2.24, 2.45) is 0 Å². The van der Waals surface area contributed by atoms with E-state index in [2.05, 4.69) is 16.0 Å². The number of guanidine groups is 2. The first-order valence-corrected chi connectivity index (χ1v) is 5.73. The second-order valence-electron chi connectivity index (χ2n) is 4.92. The Balaban J connectivity index is 2.14. The van der Waals surface area contributed by atoms with Crippen molar-refractivity contribution in [2.45, 2.75) is 30.0 Å². The van der Waals surface area contributed by atoms with Crippen molar-refractivity contribution in [3.8, 4) is 0 Å². The number of carboxylic acid groups (broad SMARTS) is 1. The number of hydrogen-bond acceptors (Lipinski definition) is 5. The summed E-state index contributed by atoms with van der Waals surface area (Å²) >= 11 is 0. The van der Waals surface area contributed by atoms with Crippen LogP contribution in [-0.2, 0) is 4.79 Å². The summed E-state index contributed by atoms with van der Waals surface area (Å²) < 4.78 is 0. The van der Waals surface area contributed by atoms with Gasteiger partial charge >= 0.3 is 5.97 Å². The highest BCUT2D eigenvalue weighted by atomic mass is 16.5. The Hall–Kier alpha value is -2.07. The monoisotopic (exact) mass is 270 g/mol. The number of rotatable bonds is 1. The molecule has 0 radical (unpaired) electrons. The second kappa shape index (κ2) is 3.27. The normalized spacial score (nSPS) is 38.9. The molecule has 3 aliphatic rings. The molecule has 10 nitrogen and oxygen atoms in total. The Morgan fingerprint density at radius 3 is 2.68 bits per heavy atom. The lowest BCUT2D eigenvalue weighted by atomic mass is 9.86. The lowest BCUT2D eigenvalue weighted by Crippen LogP contribution is -2.80. The zero-order valence-electron chi connectivity index (χ0n) is 9.77. The van der Waals surface area contributed by atoms with Crippen LogP contribution in [0.15, 0.2) is 0 Å².